The molecule has 0 radical (unpaired) electrons. The van der Waals surface area contributed by atoms with Crippen LogP contribution in [-0.4, -0.2) is 29.1 Å². The maximum Gasteiger partial charge on any atom is 0.307 e. The van der Waals surface area contributed by atoms with Crippen molar-refractivity contribution in [1.29, 1.82) is 0 Å². The fraction of sp³-hybridized carbons (Fsp3) is 0.240. The second-order valence-corrected chi connectivity index (χ2v) is 8.05. The van der Waals surface area contributed by atoms with Crippen molar-refractivity contribution in [3.05, 3.63) is 95.0 Å². The number of likely N-dealkylation sites (tertiary alicyclic amines) is 1. The number of benzene rings is 3. The molecule has 0 bridgehead atoms. The number of hydrogen-bond donors (Lipinski definition) is 1. The van der Waals surface area contributed by atoms with Crippen molar-refractivity contribution < 1.29 is 14.6 Å². The van der Waals surface area contributed by atoms with Crippen LogP contribution in [0.3, 0.4) is 0 Å². The zero-order valence-corrected chi connectivity index (χ0v) is 17.3. The van der Waals surface area contributed by atoms with Crippen molar-refractivity contribution >= 4 is 17.6 Å². The first-order valence-corrected chi connectivity index (χ1v) is 10.5. The lowest BCUT2D eigenvalue weighted by molar-refractivity contribution is -0.143. The number of carboxylic acid groups (broad SMARTS) is 1. The van der Waals surface area contributed by atoms with E-state index in [0.29, 0.717) is 18.0 Å². The summed E-state index contributed by atoms with van der Waals surface area (Å²) in [5.74, 6) is 0.435. The third-order valence-electron chi connectivity index (χ3n) is 5.48. The van der Waals surface area contributed by atoms with E-state index in [1.807, 2.05) is 72.8 Å². The van der Waals surface area contributed by atoms with Crippen LogP contribution < -0.4 is 4.74 Å². The number of halogens is 1. The van der Waals surface area contributed by atoms with E-state index >= 15 is 0 Å². The van der Waals surface area contributed by atoms with E-state index in [9.17, 15) is 9.90 Å². The van der Waals surface area contributed by atoms with E-state index < -0.39 is 5.97 Å². The standard InChI is InChI=1S/C25H24ClNO3/c26-21-10-4-7-18(15-21)24(27-14-6-9-20(17-27)25(28)29)19-8-5-13-23(16-19)30-22-11-2-1-3-12-22/h1-5,7-8,10-13,15-16,20,24H,6,9,14,17H2,(H,28,29). The normalized spacial score (nSPS) is 18.0. The Morgan fingerprint density at radius 1 is 0.967 bits per heavy atom. The number of aliphatic carboxylic acids is 1. The highest BCUT2D eigenvalue weighted by atomic mass is 35.5. The van der Waals surface area contributed by atoms with E-state index in [2.05, 4.69) is 11.0 Å². The molecule has 4 nitrogen and oxygen atoms in total. The Bertz CT molecular complexity index is 1010. The average Bonchev–Trinajstić information content (AvgIpc) is 2.75. The molecule has 1 fully saturated rings. The summed E-state index contributed by atoms with van der Waals surface area (Å²) in [6, 6.07) is 25.4. The summed E-state index contributed by atoms with van der Waals surface area (Å²) in [6.45, 7) is 1.35. The van der Waals surface area contributed by atoms with Gasteiger partial charge >= 0.3 is 5.97 Å². The van der Waals surface area contributed by atoms with E-state index in [1.54, 1.807) is 0 Å². The van der Waals surface area contributed by atoms with Crippen molar-refractivity contribution in [3.63, 3.8) is 0 Å². The average molecular weight is 422 g/mol. The molecular weight excluding hydrogens is 398 g/mol. The minimum atomic E-state index is -0.731. The molecular formula is C25H24ClNO3. The van der Waals surface area contributed by atoms with Gasteiger partial charge in [0.25, 0.3) is 0 Å². The summed E-state index contributed by atoms with van der Waals surface area (Å²) in [5.41, 5.74) is 2.10. The van der Waals surface area contributed by atoms with Gasteiger partial charge in [-0.2, -0.15) is 0 Å². The summed E-state index contributed by atoms with van der Waals surface area (Å²) in [7, 11) is 0. The van der Waals surface area contributed by atoms with Gasteiger partial charge in [0.2, 0.25) is 0 Å². The second kappa shape index (κ2) is 9.33. The van der Waals surface area contributed by atoms with Gasteiger partial charge in [-0.15, -0.1) is 0 Å². The largest absolute Gasteiger partial charge is 0.481 e. The highest BCUT2D eigenvalue weighted by Gasteiger charge is 2.31. The number of carboxylic acids is 1. The lowest BCUT2D eigenvalue weighted by atomic mass is 9.91. The molecule has 30 heavy (non-hydrogen) atoms. The summed E-state index contributed by atoms with van der Waals surface area (Å²) < 4.78 is 6.04. The Morgan fingerprint density at radius 3 is 2.40 bits per heavy atom. The maximum atomic E-state index is 11.6. The van der Waals surface area contributed by atoms with Crippen molar-refractivity contribution in [2.24, 2.45) is 5.92 Å². The molecule has 154 valence electrons. The second-order valence-electron chi connectivity index (χ2n) is 7.62. The Labute approximate surface area is 181 Å². The summed E-state index contributed by atoms with van der Waals surface area (Å²) in [5, 5.41) is 10.2. The van der Waals surface area contributed by atoms with Gasteiger partial charge in [-0.25, -0.2) is 0 Å². The molecule has 0 aliphatic carbocycles. The summed E-state index contributed by atoms with van der Waals surface area (Å²) in [4.78, 5) is 13.9. The van der Waals surface area contributed by atoms with Gasteiger partial charge in [0.15, 0.2) is 0 Å². The molecule has 1 aliphatic heterocycles. The van der Waals surface area contributed by atoms with E-state index in [0.717, 1.165) is 35.6 Å². The lowest BCUT2D eigenvalue weighted by Crippen LogP contribution is -2.41. The quantitative estimate of drug-likeness (QED) is 0.528. The van der Waals surface area contributed by atoms with Crippen LogP contribution in [0.15, 0.2) is 78.9 Å². The molecule has 1 saturated heterocycles. The number of rotatable bonds is 6. The number of para-hydroxylation sites is 1. The first-order chi connectivity index (χ1) is 14.6. The van der Waals surface area contributed by atoms with E-state index in [4.69, 9.17) is 16.3 Å². The van der Waals surface area contributed by atoms with Gasteiger partial charge in [0, 0.05) is 11.6 Å². The number of carbonyl (C=O) groups is 1. The Balaban J connectivity index is 1.69. The third-order valence-corrected chi connectivity index (χ3v) is 5.72. The van der Waals surface area contributed by atoms with Gasteiger partial charge in [-0.1, -0.05) is 54.1 Å². The van der Waals surface area contributed by atoms with E-state index in [1.165, 1.54) is 0 Å². The van der Waals surface area contributed by atoms with Crippen LogP contribution in [0.4, 0.5) is 0 Å². The summed E-state index contributed by atoms with van der Waals surface area (Å²) in [6.07, 6.45) is 1.57. The lowest BCUT2D eigenvalue weighted by Gasteiger charge is -2.37. The van der Waals surface area contributed by atoms with Crippen LogP contribution in [0.1, 0.15) is 30.0 Å². The summed E-state index contributed by atoms with van der Waals surface area (Å²) >= 11 is 6.30. The van der Waals surface area contributed by atoms with Crippen molar-refractivity contribution in [3.8, 4) is 11.5 Å². The molecule has 3 aromatic rings. The number of ether oxygens (including phenoxy) is 1. The zero-order chi connectivity index (χ0) is 20.9. The van der Waals surface area contributed by atoms with Crippen LogP contribution in [0.2, 0.25) is 5.02 Å². The molecule has 3 aromatic carbocycles. The molecule has 4 rings (SSSR count). The molecule has 0 spiro atoms. The van der Waals surface area contributed by atoms with Crippen molar-refractivity contribution in [2.45, 2.75) is 18.9 Å². The first-order valence-electron chi connectivity index (χ1n) is 10.2. The monoisotopic (exact) mass is 421 g/mol. The minimum Gasteiger partial charge on any atom is -0.481 e. The fourth-order valence-corrected chi connectivity index (χ4v) is 4.30. The van der Waals surface area contributed by atoms with Gasteiger partial charge in [-0.3, -0.25) is 9.69 Å². The van der Waals surface area contributed by atoms with E-state index in [-0.39, 0.29) is 12.0 Å². The Morgan fingerprint density at radius 2 is 1.67 bits per heavy atom. The number of piperidine rings is 1. The van der Waals surface area contributed by atoms with Crippen LogP contribution in [0.25, 0.3) is 0 Å². The predicted molar refractivity (Wildman–Crippen MR) is 118 cm³/mol. The topological polar surface area (TPSA) is 49.8 Å². The van der Waals surface area contributed by atoms with Crippen molar-refractivity contribution in [1.82, 2.24) is 4.90 Å². The molecule has 2 atom stereocenters. The zero-order valence-electron chi connectivity index (χ0n) is 16.6. The third kappa shape index (κ3) is 4.84. The number of nitrogens with zero attached hydrogens (tertiary/aromatic N) is 1. The van der Waals surface area contributed by atoms with Crippen LogP contribution >= 0.6 is 11.6 Å². The van der Waals surface area contributed by atoms with Crippen LogP contribution in [-0.2, 0) is 4.79 Å². The SMILES string of the molecule is O=C(O)C1CCCN(C(c2cccc(Cl)c2)c2cccc(Oc3ccccc3)c2)C1. The van der Waals surface area contributed by atoms with Crippen LogP contribution in [0.5, 0.6) is 11.5 Å². The minimum absolute atomic E-state index is 0.0924. The molecule has 0 saturated carbocycles. The predicted octanol–water partition coefficient (Wildman–Crippen LogP) is 6.02. The maximum absolute atomic E-state index is 11.6. The van der Waals surface area contributed by atoms with Gasteiger partial charge in [0.05, 0.1) is 12.0 Å². The Kier molecular flexibility index (Phi) is 6.36. The van der Waals surface area contributed by atoms with Gasteiger partial charge in [0.1, 0.15) is 11.5 Å². The molecule has 1 heterocycles. The van der Waals surface area contributed by atoms with Gasteiger partial charge in [-0.05, 0) is 66.9 Å². The molecule has 1 N–H and O–H groups in total. The van der Waals surface area contributed by atoms with Gasteiger partial charge < -0.3 is 9.84 Å². The molecule has 5 heteroatoms. The highest BCUT2D eigenvalue weighted by Crippen LogP contribution is 2.35. The molecule has 0 aromatic heterocycles. The fourth-order valence-electron chi connectivity index (χ4n) is 4.11. The highest BCUT2D eigenvalue weighted by molar-refractivity contribution is 6.30. The van der Waals surface area contributed by atoms with Crippen LogP contribution in [0, 0.1) is 5.92 Å². The Hall–Kier alpha value is -2.82. The smallest absolute Gasteiger partial charge is 0.307 e. The first kappa shape index (κ1) is 20.5. The number of hydrogen-bond acceptors (Lipinski definition) is 3. The van der Waals surface area contributed by atoms with Crippen molar-refractivity contribution in [2.75, 3.05) is 13.1 Å². The molecule has 1 aliphatic rings. The molecule has 0 amide bonds. The molecule has 2 unspecified atom stereocenters.